The predicted octanol–water partition coefficient (Wildman–Crippen LogP) is 5.00. The first-order valence-electron chi connectivity index (χ1n) is 12.3. The van der Waals surface area contributed by atoms with Gasteiger partial charge in [0.2, 0.25) is 0 Å². The van der Waals surface area contributed by atoms with Gasteiger partial charge in [-0.15, -0.1) is 0 Å². The largest absolute Gasteiger partial charge is 0.507 e. The van der Waals surface area contributed by atoms with E-state index < -0.39 is 28.4 Å². The third kappa shape index (κ3) is 4.28. The number of fused-ring (bicyclic) bond motifs is 2. The van der Waals surface area contributed by atoms with Crippen molar-refractivity contribution in [2.45, 2.75) is 13.0 Å². The number of hydrogen-bond donors (Lipinski definition) is 1. The second-order valence-corrected chi connectivity index (χ2v) is 9.95. The number of nitrogens with zero attached hydrogens (tertiary/aromatic N) is 3. The van der Waals surface area contributed by atoms with Gasteiger partial charge in [0, 0.05) is 17.7 Å². The number of nitro groups is 1. The topological polar surface area (TPSA) is 141 Å². The maximum atomic E-state index is 13.5. The van der Waals surface area contributed by atoms with Crippen LogP contribution in [-0.4, -0.2) is 46.5 Å². The fourth-order valence-corrected chi connectivity index (χ4v) is 5.77. The van der Waals surface area contributed by atoms with Gasteiger partial charge >= 0.3 is 5.91 Å². The second-order valence-electron chi connectivity index (χ2n) is 8.94. The number of thiazole rings is 1. The van der Waals surface area contributed by atoms with Crippen LogP contribution in [0.5, 0.6) is 17.2 Å². The van der Waals surface area contributed by atoms with Gasteiger partial charge in [-0.2, -0.15) is 0 Å². The van der Waals surface area contributed by atoms with Gasteiger partial charge in [0.25, 0.3) is 11.5 Å². The summed E-state index contributed by atoms with van der Waals surface area (Å²) in [7, 11) is 0. The number of ether oxygens (including phenoxy) is 3. The van der Waals surface area contributed by atoms with E-state index in [9.17, 15) is 24.8 Å². The fraction of sp³-hybridized carbons (Fsp3) is 0.179. The van der Waals surface area contributed by atoms with E-state index in [4.69, 9.17) is 14.2 Å². The van der Waals surface area contributed by atoms with Crippen molar-refractivity contribution in [3.63, 3.8) is 0 Å². The molecular formula is C28H21N3O8S. The van der Waals surface area contributed by atoms with Gasteiger partial charge in [0.15, 0.2) is 16.6 Å². The molecule has 12 heteroatoms. The molecule has 40 heavy (non-hydrogen) atoms. The van der Waals surface area contributed by atoms with E-state index in [2.05, 4.69) is 4.98 Å². The van der Waals surface area contributed by atoms with E-state index in [0.29, 0.717) is 47.3 Å². The molecule has 0 saturated carbocycles. The summed E-state index contributed by atoms with van der Waals surface area (Å²) in [5.74, 6) is -0.819. The molecule has 6 rings (SSSR count). The summed E-state index contributed by atoms with van der Waals surface area (Å²) in [5.41, 5.74) is 0.615. The zero-order valence-electron chi connectivity index (χ0n) is 21.0. The van der Waals surface area contributed by atoms with E-state index in [-0.39, 0.29) is 27.5 Å². The van der Waals surface area contributed by atoms with Gasteiger partial charge in [-0.1, -0.05) is 23.5 Å². The average Bonchev–Trinajstić information content (AvgIpc) is 3.50. The van der Waals surface area contributed by atoms with E-state index in [0.717, 1.165) is 11.3 Å². The van der Waals surface area contributed by atoms with Crippen molar-refractivity contribution < 1.29 is 33.8 Å². The zero-order chi connectivity index (χ0) is 28.0. The van der Waals surface area contributed by atoms with E-state index in [1.54, 1.807) is 36.4 Å². The lowest BCUT2D eigenvalue weighted by Gasteiger charge is -2.23. The van der Waals surface area contributed by atoms with Crippen molar-refractivity contribution in [3.8, 4) is 17.2 Å². The summed E-state index contributed by atoms with van der Waals surface area (Å²) < 4.78 is 17.4. The molecule has 3 aromatic carbocycles. The van der Waals surface area contributed by atoms with E-state index in [1.165, 1.54) is 29.2 Å². The van der Waals surface area contributed by atoms with Crippen LogP contribution in [0.25, 0.3) is 16.0 Å². The van der Waals surface area contributed by atoms with Crippen LogP contribution in [-0.2, 0) is 9.59 Å². The molecule has 0 bridgehead atoms. The maximum absolute atomic E-state index is 13.5. The Morgan fingerprint density at radius 3 is 2.70 bits per heavy atom. The molecule has 11 nitrogen and oxygen atoms in total. The number of non-ortho nitro benzene ring substituents is 1. The molecule has 1 atom stereocenters. The number of anilines is 1. The standard InChI is InChI=1S/C28H21N3O8S/c1-2-37-18-7-8-19-22(14-18)40-28(29-19)30-24(15-4-3-5-17(12-15)31(35)36)23(26(33)27(30)34)25(32)16-6-9-20-21(13-16)39-11-10-38-20/h3-9,12-14,24,32H,2,10-11H2,1H3/t24-/m0/s1. The number of aliphatic hydroxyl groups excluding tert-OH is 1. The Balaban J connectivity index is 1.53. The van der Waals surface area contributed by atoms with Crippen molar-refractivity contribution in [1.82, 2.24) is 4.98 Å². The van der Waals surface area contributed by atoms with Crippen molar-refractivity contribution in [3.05, 3.63) is 87.5 Å². The Morgan fingerprint density at radius 2 is 1.93 bits per heavy atom. The first-order chi connectivity index (χ1) is 19.4. The predicted molar refractivity (Wildman–Crippen MR) is 146 cm³/mol. The van der Waals surface area contributed by atoms with Gasteiger partial charge in [-0.3, -0.25) is 24.6 Å². The highest BCUT2D eigenvalue weighted by atomic mass is 32.1. The van der Waals surface area contributed by atoms with Crippen LogP contribution < -0.4 is 19.1 Å². The summed E-state index contributed by atoms with van der Waals surface area (Å²) in [6.07, 6.45) is 0. The van der Waals surface area contributed by atoms with Crippen molar-refractivity contribution in [2.24, 2.45) is 0 Å². The number of ketones is 1. The molecule has 4 aromatic rings. The normalized spacial score (nSPS) is 17.8. The van der Waals surface area contributed by atoms with E-state index >= 15 is 0 Å². The summed E-state index contributed by atoms with van der Waals surface area (Å²) in [4.78, 5) is 43.8. The van der Waals surface area contributed by atoms with Crippen LogP contribution in [0.3, 0.4) is 0 Å². The minimum absolute atomic E-state index is 0.198. The number of carbonyl (C=O) groups is 2. The number of aliphatic hydroxyl groups is 1. The first-order valence-corrected chi connectivity index (χ1v) is 13.2. The van der Waals surface area contributed by atoms with Gasteiger partial charge < -0.3 is 19.3 Å². The molecule has 1 aromatic heterocycles. The number of benzene rings is 3. The fourth-order valence-electron chi connectivity index (χ4n) is 4.75. The highest BCUT2D eigenvalue weighted by molar-refractivity contribution is 7.22. The third-order valence-corrected chi connectivity index (χ3v) is 7.54. The lowest BCUT2D eigenvalue weighted by atomic mass is 9.95. The summed E-state index contributed by atoms with van der Waals surface area (Å²) in [6, 6.07) is 14.4. The third-order valence-electron chi connectivity index (χ3n) is 6.52. The Hall–Kier alpha value is -4.97. The number of carbonyl (C=O) groups excluding carboxylic acids is 2. The van der Waals surface area contributed by atoms with Crippen LogP contribution >= 0.6 is 11.3 Å². The lowest BCUT2D eigenvalue weighted by molar-refractivity contribution is -0.384. The molecule has 3 heterocycles. The Morgan fingerprint density at radius 1 is 1.12 bits per heavy atom. The highest BCUT2D eigenvalue weighted by Crippen LogP contribution is 2.45. The molecule has 1 fully saturated rings. The number of Topliss-reactive ketones (excluding diaryl/α,β-unsaturated/α-hetero) is 1. The zero-order valence-corrected chi connectivity index (χ0v) is 21.8. The van der Waals surface area contributed by atoms with Crippen molar-refractivity contribution >= 4 is 49.8 Å². The second kappa shape index (κ2) is 9.97. The Bertz CT molecular complexity index is 1730. The number of hydrogen-bond acceptors (Lipinski definition) is 10. The summed E-state index contributed by atoms with van der Waals surface area (Å²) in [5, 5.41) is 23.2. The maximum Gasteiger partial charge on any atom is 0.301 e. The van der Waals surface area contributed by atoms with Crippen molar-refractivity contribution in [2.75, 3.05) is 24.7 Å². The molecule has 1 saturated heterocycles. The molecule has 0 aliphatic carbocycles. The first kappa shape index (κ1) is 25.3. The molecule has 1 N–H and O–H groups in total. The highest BCUT2D eigenvalue weighted by Gasteiger charge is 2.48. The molecule has 202 valence electrons. The van der Waals surface area contributed by atoms with Crippen LogP contribution in [0.15, 0.2) is 66.2 Å². The SMILES string of the molecule is CCOc1ccc2nc(N3C(=O)C(=O)C(=C(O)c4ccc5c(c4)OCCO5)[C@@H]3c3cccc([N+](=O)[O-])c3)sc2c1. The molecular weight excluding hydrogens is 538 g/mol. The van der Waals surface area contributed by atoms with Gasteiger partial charge in [-0.05, 0) is 48.9 Å². The number of rotatable bonds is 6. The smallest absolute Gasteiger partial charge is 0.301 e. The van der Waals surface area contributed by atoms with Crippen LogP contribution in [0, 0.1) is 10.1 Å². The number of nitro benzene ring substituents is 1. The van der Waals surface area contributed by atoms with Gasteiger partial charge in [-0.25, -0.2) is 4.98 Å². The summed E-state index contributed by atoms with van der Waals surface area (Å²) >= 11 is 1.16. The lowest BCUT2D eigenvalue weighted by Crippen LogP contribution is -2.29. The molecule has 1 amide bonds. The molecule has 0 spiro atoms. The Kier molecular flexibility index (Phi) is 6.31. The average molecular weight is 560 g/mol. The molecule has 0 unspecified atom stereocenters. The van der Waals surface area contributed by atoms with Crippen molar-refractivity contribution in [1.29, 1.82) is 0 Å². The van der Waals surface area contributed by atoms with Crippen LogP contribution in [0.4, 0.5) is 10.8 Å². The quantitative estimate of drug-likeness (QED) is 0.114. The van der Waals surface area contributed by atoms with Crippen LogP contribution in [0.2, 0.25) is 0 Å². The van der Waals surface area contributed by atoms with E-state index in [1.807, 2.05) is 6.92 Å². The number of amides is 1. The minimum atomic E-state index is -1.18. The molecule has 0 radical (unpaired) electrons. The van der Waals surface area contributed by atoms with Crippen LogP contribution in [0.1, 0.15) is 24.1 Å². The molecule has 2 aliphatic rings. The Labute approximate surface area is 231 Å². The minimum Gasteiger partial charge on any atom is -0.507 e. The van der Waals surface area contributed by atoms with Gasteiger partial charge in [0.05, 0.1) is 33.4 Å². The number of aromatic nitrogens is 1. The monoisotopic (exact) mass is 559 g/mol. The van der Waals surface area contributed by atoms with Gasteiger partial charge in [0.1, 0.15) is 24.7 Å². The molecule has 2 aliphatic heterocycles. The summed E-state index contributed by atoms with van der Waals surface area (Å²) in [6.45, 7) is 3.03.